The highest BCUT2D eigenvalue weighted by atomic mass is 32.1. The quantitative estimate of drug-likeness (QED) is 0.841. The van der Waals surface area contributed by atoms with E-state index in [0.29, 0.717) is 6.04 Å². The second-order valence-electron chi connectivity index (χ2n) is 4.47. The van der Waals surface area contributed by atoms with Crippen molar-refractivity contribution in [1.29, 1.82) is 0 Å². The van der Waals surface area contributed by atoms with Crippen LogP contribution >= 0.6 is 11.3 Å². The second kappa shape index (κ2) is 5.99. The fourth-order valence-corrected chi connectivity index (χ4v) is 2.54. The fraction of sp³-hybridized carbons (Fsp3) is 0.333. The van der Waals surface area contributed by atoms with Crippen molar-refractivity contribution in [3.05, 3.63) is 57.8 Å². The molecule has 0 aliphatic heterocycles. The lowest BCUT2D eigenvalue weighted by atomic mass is 10.1. The Balaban J connectivity index is 1.81. The van der Waals surface area contributed by atoms with E-state index in [1.54, 1.807) is 11.3 Å². The lowest BCUT2D eigenvalue weighted by molar-refractivity contribution is 0.577. The molecule has 0 unspecified atom stereocenters. The molecule has 0 saturated carbocycles. The number of rotatable bonds is 5. The molecule has 2 aromatic rings. The molecule has 1 nitrogen and oxygen atoms in total. The first-order valence-corrected chi connectivity index (χ1v) is 7.01. The average molecular weight is 245 g/mol. The number of benzene rings is 1. The van der Waals surface area contributed by atoms with E-state index in [0.717, 1.165) is 13.0 Å². The van der Waals surface area contributed by atoms with E-state index in [9.17, 15) is 0 Å². The molecule has 1 aromatic heterocycles. The van der Waals surface area contributed by atoms with Crippen molar-refractivity contribution in [3.8, 4) is 0 Å². The first-order valence-electron chi connectivity index (χ1n) is 6.07. The first-order chi connectivity index (χ1) is 8.25. The Labute approximate surface area is 108 Å². The van der Waals surface area contributed by atoms with Crippen LogP contribution in [0.25, 0.3) is 0 Å². The van der Waals surface area contributed by atoms with Crippen molar-refractivity contribution in [2.45, 2.75) is 26.3 Å². The van der Waals surface area contributed by atoms with Gasteiger partial charge in [-0.3, -0.25) is 0 Å². The number of aryl methyl sites for hydroxylation is 1. The summed E-state index contributed by atoms with van der Waals surface area (Å²) in [6, 6.07) is 11.4. The van der Waals surface area contributed by atoms with E-state index < -0.39 is 0 Å². The zero-order valence-electron chi connectivity index (χ0n) is 10.4. The maximum Gasteiger partial charge on any atom is 0.0291 e. The minimum Gasteiger partial charge on any atom is -0.310 e. The zero-order chi connectivity index (χ0) is 12.1. The van der Waals surface area contributed by atoms with Crippen LogP contribution in [0.1, 0.15) is 29.7 Å². The van der Waals surface area contributed by atoms with Crippen LogP contribution in [-0.2, 0) is 6.42 Å². The molecule has 2 rings (SSSR count). The summed E-state index contributed by atoms with van der Waals surface area (Å²) in [5.74, 6) is 0. The predicted octanol–water partition coefficient (Wildman–Crippen LogP) is 3.95. The van der Waals surface area contributed by atoms with Gasteiger partial charge in [-0.25, -0.2) is 0 Å². The van der Waals surface area contributed by atoms with Gasteiger partial charge >= 0.3 is 0 Å². The summed E-state index contributed by atoms with van der Waals surface area (Å²) < 4.78 is 0. The summed E-state index contributed by atoms with van der Waals surface area (Å²) in [5.41, 5.74) is 4.11. The summed E-state index contributed by atoms with van der Waals surface area (Å²) in [6.07, 6.45) is 1.11. The van der Waals surface area contributed by atoms with Crippen LogP contribution in [0, 0.1) is 6.92 Å². The molecule has 0 aliphatic carbocycles. The lowest BCUT2D eigenvalue weighted by Crippen LogP contribution is -2.21. The largest absolute Gasteiger partial charge is 0.310 e. The van der Waals surface area contributed by atoms with E-state index in [4.69, 9.17) is 0 Å². The first kappa shape index (κ1) is 12.3. The van der Waals surface area contributed by atoms with E-state index in [1.807, 2.05) is 0 Å². The molecule has 0 fully saturated rings. The molecule has 1 aromatic carbocycles. The van der Waals surface area contributed by atoms with Gasteiger partial charge < -0.3 is 5.32 Å². The minimum absolute atomic E-state index is 0.425. The Kier molecular flexibility index (Phi) is 4.35. The monoisotopic (exact) mass is 245 g/mol. The normalized spacial score (nSPS) is 12.6. The van der Waals surface area contributed by atoms with Crippen molar-refractivity contribution < 1.29 is 0 Å². The van der Waals surface area contributed by atoms with Gasteiger partial charge in [0.1, 0.15) is 0 Å². The fourth-order valence-electron chi connectivity index (χ4n) is 1.84. The Morgan fingerprint density at radius 3 is 2.59 bits per heavy atom. The highest BCUT2D eigenvalue weighted by Gasteiger charge is 2.03. The SMILES string of the molecule is Cc1ccc([C@@H](C)NCCc2ccsc2)cc1. The van der Waals surface area contributed by atoms with Crippen LogP contribution in [0.2, 0.25) is 0 Å². The van der Waals surface area contributed by atoms with Gasteiger partial charge in [0.05, 0.1) is 0 Å². The summed E-state index contributed by atoms with van der Waals surface area (Å²) in [4.78, 5) is 0. The lowest BCUT2D eigenvalue weighted by Gasteiger charge is -2.14. The standard InChI is InChI=1S/C15H19NS/c1-12-3-5-15(6-4-12)13(2)16-9-7-14-8-10-17-11-14/h3-6,8,10-11,13,16H,7,9H2,1-2H3/t13-/m1/s1. The molecule has 2 heteroatoms. The molecule has 0 bridgehead atoms. The zero-order valence-corrected chi connectivity index (χ0v) is 11.3. The van der Waals surface area contributed by atoms with E-state index in [1.165, 1.54) is 16.7 Å². The third kappa shape index (κ3) is 3.69. The number of hydrogen-bond donors (Lipinski definition) is 1. The molecule has 0 aliphatic rings. The van der Waals surface area contributed by atoms with Crippen LogP contribution in [0.5, 0.6) is 0 Å². The third-order valence-corrected chi connectivity index (χ3v) is 3.75. The second-order valence-corrected chi connectivity index (χ2v) is 5.25. The predicted molar refractivity (Wildman–Crippen MR) is 75.6 cm³/mol. The molecule has 17 heavy (non-hydrogen) atoms. The maximum atomic E-state index is 3.56. The highest BCUT2D eigenvalue weighted by Crippen LogP contribution is 2.13. The van der Waals surface area contributed by atoms with Crippen molar-refractivity contribution in [2.24, 2.45) is 0 Å². The minimum atomic E-state index is 0.425. The highest BCUT2D eigenvalue weighted by molar-refractivity contribution is 7.07. The smallest absolute Gasteiger partial charge is 0.0291 e. The van der Waals surface area contributed by atoms with E-state index in [2.05, 4.69) is 60.3 Å². The van der Waals surface area contributed by atoms with Gasteiger partial charge in [-0.1, -0.05) is 29.8 Å². The Hall–Kier alpha value is -1.12. The summed E-state index contributed by atoms with van der Waals surface area (Å²) in [7, 11) is 0. The van der Waals surface area contributed by atoms with Gasteiger partial charge in [-0.2, -0.15) is 11.3 Å². The van der Waals surface area contributed by atoms with Crippen LogP contribution in [0.3, 0.4) is 0 Å². The molecule has 1 atom stereocenters. The van der Waals surface area contributed by atoms with Crippen molar-refractivity contribution >= 4 is 11.3 Å². The molecule has 0 radical (unpaired) electrons. The summed E-state index contributed by atoms with van der Waals surface area (Å²) >= 11 is 1.77. The average Bonchev–Trinajstić information content (AvgIpc) is 2.83. The summed E-state index contributed by atoms with van der Waals surface area (Å²) in [6.45, 7) is 5.38. The number of nitrogens with one attached hydrogen (secondary N) is 1. The molecule has 0 saturated heterocycles. The molecule has 1 heterocycles. The molecular weight excluding hydrogens is 226 g/mol. The van der Waals surface area contributed by atoms with Crippen LogP contribution in [0.4, 0.5) is 0 Å². The van der Waals surface area contributed by atoms with Gasteiger partial charge in [0.2, 0.25) is 0 Å². The molecular formula is C15H19NS. The van der Waals surface area contributed by atoms with Gasteiger partial charge in [-0.05, 0) is 54.8 Å². The molecule has 0 amide bonds. The van der Waals surface area contributed by atoms with Gasteiger partial charge in [0.25, 0.3) is 0 Å². The van der Waals surface area contributed by atoms with E-state index >= 15 is 0 Å². The Morgan fingerprint density at radius 1 is 1.18 bits per heavy atom. The van der Waals surface area contributed by atoms with Crippen LogP contribution in [0.15, 0.2) is 41.1 Å². The Bertz CT molecular complexity index is 430. The molecule has 90 valence electrons. The number of thiophene rings is 1. The van der Waals surface area contributed by atoms with Crippen molar-refractivity contribution in [1.82, 2.24) is 5.32 Å². The van der Waals surface area contributed by atoms with Gasteiger partial charge in [0, 0.05) is 6.04 Å². The molecule has 0 spiro atoms. The molecule has 1 N–H and O–H groups in total. The van der Waals surface area contributed by atoms with Crippen molar-refractivity contribution in [2.75, 3.05) is 6.54 Å². The van der Waals surface area contributed by atoms with Crippen LogP contribution in [-0.4, -0.2) is 6.54 Å². The third-order valence-electron chi connectivity index (χ3n) is 3.02. The Morgan fingerprint density at radius 2 is 1.94 bits per heavy atom. The van der Waals surface area contributed by atoms with Gasteiger partial charge in [0.15, 0.2) is 0 Å². The van der Waals surface area contributed by atoms with E-state index in [-0.39, 0.29) is 0 Å². The van der Waals surface area contributed by atoms with Crippen LogP contribution < -0.4 is 5.32 Å². The van der Waals surface area contributed by atoms with Crippen molar-refractivity contribution in [3.63, 3.8) is 0 Å². The van der Waals surface area contributed by atoms with Gasteiger partial charge in [-0.15, -0.1) is 0 Å². The summed E-state index contributed by atoms with van der Waals surface area (Å²) in [5, 5.41) is 7.92. The maximum absolute atomic E-state index is 3.56. The number of hydrogen-bond acceptors (Lipinski definition) is 2. The topological polar surface area (TPSA) is 12.0 Å².